The topological polar surface area (TPSA) is 106 Å². The van der Waals surface area contributed by atoms with E-state index in [1.807, 2.05) is 51.9 Å². The highest BCUT2D eigenvalue weighted by Gasteiger charge is 2.36. The van der Waals surface area contributed by atoms with Crippen molar-refractivity contribution in [2.45, 2.75) is 18.9 Å². The number of para-hydroxylation sites is 1. The zero-order chi connectivity index (χ0) is 34.1. The van der Waals surface area contributed by atoms with Crippen LogP contribution in [-0.2, 0) is 6.54 Å². The van der Waals surface area contributed by atoms with Gasteiger partial charge in [-0.25, -0.2) is 0 Å². The SMILES string of the molecule is COc1cc(C(=O)Nc2cc(C(=O)N3CCN(c4ccccc4)CC3)ccc2N2C[C@H]3C[C@@H](C2)c2cccc(=O)n2C3)cc(OC)c1OC. The van der Waals surface area contributed by atoms with E-state index in [1.165, 1.54) is 21.3 Å². The van der Waals surface area contributed by atoms with E-state index in [0.717, 1.165) is 43.1 Å². The van der Waals surface area contributed by atoms with Gasteiger partial charge in [0.05, 0.1) is 32.7 Å². The number of carbonyl (C=O) groups excluding carboxylic acids is 2. The zero-order valence-corrected chi connectivity index (χ0v) is 28.1. The first-order chi connectivity index (χ1) is 23.9. The molecule has 4 heterocycles. The molecular weight excluding hydrogens is 622 g/mol. The lowest BCUT2D eigenvalue weighted by Crippen LogP contribution is -2.49. The maximum atomic E-state index is 13.9. The molecule has 0 saturated carbocycles. The molecule has 3 aliphatic heterocycles. The van der Waals surface area contributed by atoms with E-state index < -0.39 is 0 Å². The molecule has 2 saturated heterocycles. The summed E-state index contributed by atoms with van der Waals surface area (Å²) in [4.78, 5) is 46.9. The number of ether oxygens (including phenoxy) is 3. The predicted molar refractivity (Wildman–Crippen MR) is 189 cm³/mol. The highest BCUT2D eigenvalue weighted by Crippen LogP contribution is 2.41. The number of benzene rings is 3. The van der Waals surface area contributed by atoms with Crippen molar-refractivity contribution < 1.29 is 23.8 Å². The van der Waals surface area contributed by atoms with Crippen LogP contribution < -0.4 is 34.9 Å². The minimum Gasteiger partial charge on any atom is -0.493 e. The van der Waals surface area contributed by atoms with E-state index >= 15 is 0 Å². The molecule has 254 valence electrons. The van der Waals surface area contributed by atoms with Gasteiger partial charge in [-0.1, -0.05) is 24.3 Å². The first-order valence-corrected chi connectivity index (χ1v) is 16.7. The molecule has 0 spiro atoms. The smallest absolute Gasteiger partial charge is 0.255 e. The molecule has 49 heavy (non-hydrogen) atoms. The van der Waals surface area contributed by atoms with E-state index in [1.54, 1.807) is 24.3 Å². The largest absolute Gasteiger partial charge is 0.493 e. The van der Waals surface area contributed by atoms with Gasteiger partial charge in [0.1, 0.15) is 0 Å². The number of fused-ring (bicyclic) bond motifs is 4. The van der Waals surface area contributed by atoms with E-state index in [2.05, 4.69) is 27.2 Å². The number of methoxy groups -OCH3 is 3. The minimum atomic E-state index is -0.379. The summed E-state index contributed by atoms with van der Waals surface area (Å²) in [6.45, 7) is 4.72. The second-order valence-electron chi connectivity index (χ2n) is 12.8. The highest BCUT2D eigenvalue weighted by molar-refractivity contribution is 6.08. The summed E-state index contributed by atoms with van der Waals surface area (Å²) in [5.74, 6) is 1.10. The zero-order valence-electron chi connectivity index (χ0n) is 28.1. The van der Waals surface area contributed by atoms with Gasteiger partial charge in [-0.3, -0.25) is 14.4 Å². The highest BCUT2D eigenvalue weighted by atomic mass is 16.5. The van der Waals surface area contributed by atoms with Gasteiger partial charge in [-0.15, -0.1) is 0 Å². The lowest BCUT2D eigenvalue weighted by Gasteiger charge is -2.44. The van der Waals surface area contributed by atoms with Crippen LogP contribution in [0.5, 0.6) is 17.2 Å². The lowest BCUT2D eigenvalue weighted by molar-refractivity contribution is 0.0746. The molecule has 0 unspecified atom stereocenters. The van der Waals surface area contributed by atoms with Crippen molar-refractivity contribution in [3.8, 4) is 17.2 Å². The Hall–Kier alpha value is -5.45. The molecule has 2 amide bonds. The molecule has 2 atom stereocenters. The second kappa shape index (κ2) is 13.6. The number of aromatic nitrogens is 1. The number of nitrogens with one attached hydrogen (secondary N) is 1. The van der Waals surface area contributed by atoms with Crippen molar-refractivity contribution >= 4 is 28.9 Å². The molecule has 2 fully saturated rings. The quantitative estimate of drug-likeness (QED) is 0.289. The summed E-state index contributed by atoms with van der Waals surface area (Å²) in [5, 5.41) is 3.12. The van der Waals surface area contributed by atoms with Crippen LogP contribution in [0.2, 0.25) is 0 Å². The second-order valence-corrected chi connectivity index (χ2v) is 12.8. The van der Waals surface area contributed by atoms with Crippen LogP contribution in [0, 0.1) is 5.92 Å². The molecule has 1 aromatic heterocycles. The van der Waals surface area contributed by atoms with Crippen LogP contribution in [0.4, 0.5) is 17.1 Å². The fourth-order valence-electron chi connectivity index (χ4n) is 7.53. The molecule has 11 heteroatoms. The van der Waals surface area contributed by atoms with Gasteiger partial charge in [0.15, 0.2) is 11.5 Å². The molecule has 2 bridgehead atoms. The van der Waals surface area contributed by atoms with Gasteiger partial charge in [0.25, 0.3) is 17.4 Å². The van der Waals surface area contributed by atoms with Crippen molar-refractivity contribution in [3.05, 3.63) is 106 Å². The Kier molecular flexibility index (Phi) is 8.90. The van der Waals surface area contributed by atoms with Crippen molar-refractivity contribution in [1.29, 1.82) is 0 Å². The van der Waals surface area contributed by atoms with Gasteiger partial charge in [0, 0.05) is 80.3 Å². The van der Waals surface area contributed by atoms with E-state index in [0.29, 0.717) is 60.2 Å². The Labute approximate surface area is 285 Å². The number of amides is 2. The molecule has 0 aliphatic carbocycles. The molecule has 4 aromatic rings. The molecule has 7 rings (SSSR count). The molecular formula is C38H41N5O6. The Morgan fingerprint density at radius 3 is 2.16 bits per heavy atom. The number of carbonyl (C=O) groups is 2. The Balaban J connectivity index is 1.19. The summed E-state index contributed by atoms with van der Waals surface area (Å²) in [6, 6.07) is 24.5. The molecule has 0 radical (unpaired) electrons. The molecule has 3 aliphatic rings. The summed E-state index contributed by atoms with van der Waals surface area (Å²) in [6.07, 6.45) is 0.999. The number of anilines is 3. The monoisotopic (exact) mass is 663 g/mol. The molecule has 3 aromatic carbocycles. The number of piperazine rings is 1. The number of pyridine rings is 1. The lowest BCUT2D eigenvalue weighted by atomic mass is 9.83. The van der Waals surface area contributed by atoms with Crippen LogP contribution in [-0.4, -0.2) is 81.9 Å². The number of piperidine rings is 1. The number of hydrogen-bond donors (Lipinski definition) is 1. The van der Waals surface area contributed by atoms with Gasteiger partial charge in [0.2, 0.25) is 5.75 Å². The predicted octanol–water partition coefficient (Wildman–Crippen LogP) is 4.71. The van der Waals surface area contributed by atoms with Gasteiger partial charge >= 0.3 is 0 Å². The first kappa shape index (κ1) is 32.1. The third-order valence-corrected chi connectivity index (χ3v) is 9.93. The third kappa shape index (κ3) is 6.28. The van der Waals surface area contributed by atoms with Crippen LogP contribution >= 0.6 is 0 Å². The van der Waals surface area contributed by atoms with Gasteiger partial charge in [-0.05, 0) is 60.9 Å². The summed E-state index contributed by atoms with van der Waals surface area (Å²) >= 11 is 0. The average Bonchev–Trinajstić information content (AvgIpc) is 3.14. The van der Waals surface area contributed by atoms with Crippen LogP contribution in [0.25, 0.3) is 0 Å². The molecule has 1 N–H and O–H groups in total. The van der Waals surface area contributed by atoms with E-state index in [4.69, 9.17) is 14.2 Å². The van der Waals surface area contributed by atoms with Crippen molar-refractivity contribution in [1.82, 2.24) is 9.47 Å². The molecule has 11 nitrogen and oxygen atoms in total. The van der Waals surface area contributed by atoms with Crippen molar-refractivity contribution in [2.24, 2.45) is 5.92 Å². The fraction of sp³-hybridized carbons (Fsp3) is 0.342. The average molecular weight is 664 g/mol. The summed E-state index contributed by atoms with van der Waals surface area (Å²) < 4.78 is 18.4. The maximum absolute atomic E-state index is 13.9. The van der Waals surface area contributed by atoms with Gasteiger partial charge < -0.3 is 38.8 Å². The Morgan fingerprint density at radius 1 is 0.735 bits per heavy atom. The third-order valence-electron chi connectivity index (χ3n) is 9.93. The van der Waals surface area contributed by atoms with E-state index in [9.17, 15) is 14.4 Å². The standard InChI is InChI=1S/C38H41N5O6/c1-47-33-20-27(21-34(48-2)36(33)49-3)37(45)39-30-19-26(38(46)41-16-14-40(15-17-41)29-8-5-4-6-9-29)12-13-32(30)42-22-25-18-28(24-42)31-10-7-11-35(44)43(31)23-25/h4-13,19-21,25,28H,14-18,22-24H2,1-3H3,(H,39,45)/t25-,28+/m1/s1. The maximum Gasteiger partial charge on any atom is 0.255 e. The minimum absolute atomic E-state index is 0.0337. The van der Waals surface area contributed by atoms with Crippen LogP contribution in [0.1, 0.15) is 38.7 Å². The number of nitrogens with zero attached hydrogens (tertiary/aromatic N) is 4. The number of rotatable bonds is 8. The number of hydrogen-bond acceptors (Lipinski definition) is 8. The Morgan fingerprint density at radius 2 is 1.47 bits per heavy atom. The van der Waals surface area contributed by atoms with E-state index in [-0.39, 0.29) is 29.2 Å². The normalized spacial score (nSPS) is 18.4. The summed E-state index contributed by atoms with van der Waals surface area (Å²) in [5.41, 5.74) is 4.41. The van der Waals surface area contributed by atoms with Crippen LogP contribution in [0.15, 0.2) is 83.7 Å². The van der Waals surface area contributed by atoms with Crippen molar-refractivity contribution in [2.75, 3.05) is 75.7 Å². The van der Waals surface area contributed by atoms with Gasteiger partial charge in [-0.2, -0.15) is 0 Å². The van der Waals surface area contributed by atoms with Crippen molar-refractivity contribution in [3.63, 3.8) is 0 Å². The Bertz CT molecular complexity index is 1890. The van der Waals surface area contributed by atoms with Crippen LogP contribution in [0.3, 0.4) is 0 Å². The summed E-state index contributed by atoms with van der Waals surface area (Å²) in [7, 11) is 4.52. The first-order valence-electron chi connectivity index (χ1n) is 16.7. The fourth-order valence-corrected chi connectivity index (χ4v) is 7.53.